The van der Waals surface area contributed by atoms with Gasteiger partial charge in [0.15, 0.2) is 6.10 Å². The number of ether oxygens (including phenoxy) is 1. The van der Waals surface area contributed by atoms with Gasteiger partial charge in [-0.3, -0.25) is 14.8 Å². The molecule has 0 spiro atoms. The van der Waals surface area contributed by atoms with Gasteiger partial charge in [-0.1, -0.05) is 12.1 Å². The molecule has 3 amide bonds. The van der Waals surface area contributed by atoms with E-state index >= 15 is 0 Å². The summed E-state index contributed by atoms with van der Waals surface area (Å²) in [5.41, 5.74) is 4.18. The Hall–Kier alpha value is -3.54. The van der Waals surface area contributed by atoms with Crippen molar-refractivity contribution < 1.29 is 36.3 Å². The van der Waals surface area contributed by atoms with Gasteiger partial charge in [0, 0.05) is 0 Å². The van der Waals surface area contributed by atoms with E-state index in [9.17, 15) is 31.6 Å². The van der Waals surface area contributed by atoms with E-state index in [1.165, 1.54) is 24.3 Å². The number of primary amides is 1. The van der Waals surface area contributed by atoms with Gasteiger partial charge in [-0.05, 0) is 37.3 Å². The van der Waals surface area contributed by atoms with E-state index in [1.54, 1.807) is 5.32 Å². The monoisotopic (exact) mass is 427 g/mol. The van der Waals surface area contributed by atoms with Crippen LogP contribution in [0.1, 0.15) is 17.3 Å². The van der Waals surface area contributed by atoms with E-state index in [4.69, 9.17) is 10.5 Å². The number of carbonyl (C=O) groups excluding carboxylic acids is 3. The van der Waals surface area contributed by atoms with Gasteiger partial charge >= 0.3 is 12.0 Å². The summed E-state index contributed by atoms with van der Waals surface area (Å²) >= 11 is 0. The highest BCUT2D eigenvalue weighted by Crippen LogP contribution is 2.23. The van der Waals surface area contributed by atoms with Gasteiger partial charge in [0.1, 0.15) is 16.5 Å². The normalized spacial score (nSPS) is 12.0. The molecule has 0 saturated carbocycles. The van der Waals surface area contributed by atoms with Gasteiger partial charge in [-0.15, -0.1) is 0 Å². The highest BCUT2D eigenvalue weighted by molar-refractivity contribution is 7.92. The third-order valence-electron chi connectivity index (χ3n) is 3.47. The molecule has 0 bridgehead atoms. The van der Waals surface area contributed by atoms with Crippen molar-refractivity contribution in [2.24, 2.45) is 5.73 Å². The van der Waals surface area contributed by atoms with Crippen molar-refractivity contribution in [2.45, 2.75) is 17.9 Å². The largest absolute Gasteiger partial charge is 0.449 e. The smallest absolute Gasteiger partial charge is 0.341 e. The van der Waals surface area contributed by atoms with Crippen LogP contribution in [0.2, 0.25) is 0 Å². The number of halogens is 2. The maximum atomic E-state index is 13.8. The molecule has 0 radical (unpaired) electrons. The van der Waals surface area contributed by atoms with Crippen molar-refractivity contribution in [3.63, 3.8) is 0 Å². The molecule has 9 nitrogen and oxygen atoms in total. The number of nitrogens with two attached hydrogens (primary N) is 1. The molecule has 1 unspecified atom stereocenters. The van der Waals surface area contributed by atoms with Crippen LogP contribution in [0.4, 0.5) is 19.3 Å². The lowest BCUT2D eigenvalue weighted by Crippen LogP contribution is -2.42. The Morgan fingerprint density at radius 2 is 1.76 bits per heavy atom. The van der Waals surface area contributed by atoms with Crippen LogP contribution >= 0.6 is 0 Å². The first kappa shape index (κ1) is 21.8. The van der Waals surface area contributed by atoms with Crippen LogP contribution in [0, 0.1) is 11.6 Å². The van der Waals surface area contributed by atoms with E-state index in [2.05, 4.69) is 0 Å². The minimum Gasteiger partial charge on any atom is -0.449 e. The summed E-state index contributed by atoms with van der Waals surface area (Å²) in [6, 6.07) is 5.84. The number of benzene rings is 2. The first-order chi connectivity index (χ1) is 13.5. The summed E-state index contributed by atoms with van der Waals surface area (Å²) in [5, 5.41) is 1.72. The number of carbonyl (C=O) groups is 3. The standard InChI is InChI=1S/C17H15F2N3O6S/c1-9(15(23)21-17(20)25)28-16(24)11-4-2-3-5-13(11)22-29(26,27)14-8-10(18)6-7-12(14)19/h2-9,22H,1H3,(H3,20,21,23,25). The highest BCUT2D eigenvalue weighted by atomic mass is 32.2. The summed E-state index contributed by atoms with van der Waals surface area (Å²) in [4.78, 5) is 33.7. The van der Waals surface area contributed by atoms with Crippen LogP contribution in [0.25, 0.3) is 0 Å². The zero-order valence-electron chi connectivity index (χ0n) is 14.8. The number of hydrogen-bond donors (Lipinski definition) is 3. The van der Waals surface area contributed by atoms with Crippen LogP contribution in [0.5, 0.6) is 0 Å². The van der Waals surface area contributed by atoms with Crippen molar-refractivity contribution >= 4 is 33.6 Å². The van der Waals surface area contributed by atoms with Crippen LogP contribution in [0.15, 0.2) is 47.4 Å². The fourth-order valence-electron chi connectivity index (χ4n) is 2.13. The van der Waals surface area contributed by atoms with E-state index in [1.807, 2.05) is 4.72 Å². The lowest BCUT2D eigenvalue weighted by molar-refractivity contribution is -0.127. The lowest BCUT2D eigenvalue weighted by atomic mass is 10.2. The number of amides is 3. The van der Waals surface area contributed by atoms with E-state index in [0.29, 0.717) is 12.1 Å². The number of nitrogens with one attached hydrogen (secondary N) is 2. The third kappa shape index (κ3) is 5.48. The molecule has 0 heterocycles. The van der Waals surface area contributed by atoms with Gasteiger partial charge in [0.2, 0.25) is 0 Å². The Labute approximate surface area is 163 Å². The Morgan fingerprint density at radius 1 is 1.10 bits per heavy atom. The van der Waals surface area contributed by atoms with Crippen LogP contribution < -0.4 is 15.8 Å². The first-order valence-electron chi connectivity index (χ1n) is 7.89. The Kier molecular flexibility index (Phi) is 6.49. The number of esters is 1. The number of para-hydroxylation sites is 1. The molecule has 154 valence electrons. The molecule has 0 aliphatic carbocycles. The molecule has 0 aliphatic rings. The second-order valence-electron chi connectivity index (χ2n) is 5.63. The van der Waals surface area contributed by atoms with Crippen molar-refractivity contribution in [3.05, 3.63) is 59.7 Å². The van der Waals surface area contributed by atoms with Crippen LogP contribution in [0.3, 0.4) is 0 Å². The maximum Gasteiger partial charge on any atom is 0.341 e. The topological polar surface area (TPSA) is 145 Å². The number of sulfonamides is 1. The number of anilines is 1. The molecule has 2 aromatic carbocycles. The predicted octanol–water partition coefficient (Wildman–Crippen LogP) is 1.51. The maximum absolute atomic E-state index is 13.8. The van der Waals surface area contributed by atoms with Crippen LogP contribution in [-0.2, 0) is 19.6 Å². The van der Waals surface area contributed by atoms with E-state index in [-0.39, 0.29) is 11.3 Å². The van der Waals surface area contributed by atoms with Crippen molar-refractivity contribution in [3.8, 4) is 0 Å². The summed E-state index contributed by atoms with van der Waals surface area (Å²) in [5.74, 6) is -4.29. The lowest BCUT2D eigenvalue weighted by Gasteiger charge is -2.15. The van der Waals surface area contributed by atoms with Gasteiger partial charge in [-0.25, -0.2) is 26.8 Å². The fourth-order valence-corrected chi connectivity index (χ4v) is 3.30. The molecule has 0 saturated heterocycles. The molecule has 0 fully saturated rings. The number of imide groups is 1. The Morgan fingerprint density at radius 3 is 2.41 bits per heavy atom. The highest BCUT2D eigenvalue weighted by Gasteiger charge is 2.25. The second kappa shape index (κ2) is 8.65. The molecule has 0 aromatic heterocycles. The molecule has 1 atom stereocenters. The van der Waals surface area contributed by atoms with Gasteiger partial charge in [0.25, 0.3) is 15.9 Å². The summed E-state index contributed by atoms with van der Waals surface area (Å²) < 4.78 is 58.8. The zero-order chi connectivity index (χ0) is 21.8. The van der Waals surface area contributed by atoms with E-state index in [0.717, 1.165) is 13.0 Å². The first-order valence-corrected chi connectivity index (χ1v) is 9.37. The molecular formula is C17H15F2N3O6S. The van der Waals surface area contributed by atoms with Crippen LogP contribution in [-0.4, -0.2) is 32.4 Å². The van der Waals surface area contributed by atoms with E-state index < -0.39 is 50.6 Å². The minimum atomic E-state index is -4.60. The average Bonchev–Trinajstić information content (AvgIpc) is 2.63. The SMILES string of the molecule is CC(OC(=O)c1ccccc1NS(=O)(=O)c1cc(F)ccc1F)C(=O)NC(N)=O. The molecule has 29 heavy (non-hydrogen) atoms. The fraction of sp³-hybridized carbons (Fsp3) is 0.118. The van der Waals surface area contributed by atoms with Crippen molar-refractivity contribution in [1.29, 1.82) is 0 Å². The minimum absolute atomic E-state index is 0.302. The van der Waals surface area contributed by atoms with Crippen molar-refractivity contribution in [1.82, 2.24) is 5.32 Å². The number of rotatable bonds is 6. The van der Waals surface area contributed by atoms with Gasteiger partial charge in [-0.2, -0.15) is 0 Å². The Bertz CT molecular complexity index is 1070. The Balaban J connectivity index is 2.28. The molecule has 2 rings (SSSR count). The molecule has 2 aromatic rings. The van der Waals surface area contributed by atoms with Gasteiger partial charge < -0.3 is 10.5 Å². The summed E-state index contributed by atoms with van der Waals surface area (Å²) in [7, 11) is -4.60. The molecule has 0 aliphatic heterocycles. The summed E-state index contributed by atoms with van der Waals surface area (Å²) in [6.45, 7) is 1.16. The number of hydrogen-bond acceptors (Lipinski definition) is 6. The summed E-state index contributed by atoms with van der Waals surface area (Å²) in [6.07, 6.45) is -1.43. The molecule has 12 heteroatoms. The number of urea groups is 1. The molecular weight excluding hydrogens is 412 g/mol. The third-order valence-corrected chi connectivity index (χ3v) is 4.85. The molecule has 4 N–H and O–H groups in total. The quantitative estimate of drug-likeness (QED) is 0.596. The second-order valence-corrected chi connectivity index (χ2v) is 7.28. The van der Waals surface area contributed by atoms with Crippen molar-refractivity contribution in [2.75, 3.05) is 4.72 Å². The average molecular weight is 427 g/mol. The zero-order valence-corrected chi connectivity index (χ0v) is 15.6. The predicted molar refractivity (Wildman–Crippen MR) is 96.2 cm³/mol. The van der Waals surface area contributed by atoms with Gasteiger partial charge in [0.05, 0.1) is 11.3 Å².